The van der Waals surface area contributed by atoms with Crippen LogP contribution in [0.25, 0.3) is 0 Å². The van der Waals surface area contributed by atoms with Crippen LogP contribution in [0.4, 0.5) is 5.82 Å². The fraction of sp³-hybridized carbons (Fsp3) is 0.214. The van der Waals surface area contributed by atoms with Crippen molar-refractivity contribution >= 4 is 29.0 Å². The van der Waals surface area contributed by atoms with Gasteiger partial charge in [0.15, 0.2) is 0 Å². The first kappa shape index (κ1) is 15.1. The lowest BCUT2D eigenvalue weighted by Gasteiger charge is -2.17. The van der Waals surface area contributed by atoms with Crippen LogP contribution >= 0.6 is 23.2 Å². The van der Waals surface area contributed by atoms with Crippen molar-refractivity contribution in [1.29, 1.82) is 0 Å². The molecular formula is C14H16Cl2N4. The number of rotatable bonds is 5. The maximum absolute atomic E-state index is 6.01. The molecular weight excluding hydrogens is 295 g/mol. The van der Waals surface area contributed by atoms with Crippen molar-refractivity contribution in [3.63, 3.8) is 0 Å². The molecule has 0 bridgehead atoms. The van der Waals surface area contributed by atoms with Crippen molar-refractivity contribution in [2.75, 3.05) is 5.73 Å². The highest BCUT2D eigenvalue weighted by atomic mass is 35.5. The van der Waals surface area contributed by atoms with E-state index in [4.69, 9.17) is 34.8 Å². The number of nitrogens with one attached hydrogen (secondary N) is 1. The summed E-state index contributed by atoms with van der Waals surface area (Å²) in [4.78, 5) is 4.07. The first-order chi connectivity index (χ1) is 9.60. The lowest BCUT2D eigenvalue weighted by molar-refractivity contribution is 0.522. The maximum Gasteiger partial charge on any atom is 0.126 e. The van der Waals surface area contributed by atoms with Gasteiger partial charge in [0.2, 0.25) is 0 Å². The second-order valence-corrected chi connectivity index (χ2v) is 5.38. The zero-order valence-electron chi connectivity index (χ0n) is 10.8. The summed E-state index contributed by atoms with van der Waals surface area (Å²) in [6.07, 6.45) is 3.08. The van der Waals surface area contributed by atoms with Crippen LogP contribution < -0.4 is 17.0 Å². The molecule has 0 aliphatic rings. The van der Waals surface area contributed by atoms with Gasteiger partial charge in [-0.3, -0.25) is 11.3 Å². The molecule has 1 atom stereocenters. The predicted molar refractivity (Wildman–Crippen MR) is 83.6 cm³/mol. The minimum absolute atomic E-state index is 0.0405. The van der Waals surface area contributed by atoms with Gasteiger partial charge in [0.25, 0.3) is 0 Å². The van der Waals surface area contributed by atoms with Crippen LogP contribution in [0.2, 0.25) is 10.0 Å². The third-order valence-corrected chi connectivity index (χ3v) is 3.83. The molecule has 0 aliphatic heterocycles. The molecule has 20 heavy (non-hydrogen) atoms. The number of pyridine rings is 1. The Balaban J connectivity index is 2.09. The van der Waals surface area contributed by atoms with E-state index in [0.29, 0.717) is 22.3 Å². The summed E-state index contributed by atoms with van der Waals surface area (Å²) >= 11 is 11.9. The molecule has 0 aliphatic carbocycles. The van der Waals surface area contributed by atoms with Crippen molar-refractivity contribution in [3.05, 3.63) is 57.7 Å². The SMILES string of the molecule is NNC(Cc1ccc(Cl)c(Cl)c1)Cc1cccnc1N. The van der Waals surface area contributed by atoms with Gasteiger partial charge in [-0.2, -0.15) is 0 Å². The van der Waals surface area contributed by atoms with Crippen molar-refractivity contribution in [2.24, 2.45) is 5.84 Å². The number of benzene rings is 1. The smallest absolute Gasteiger partial charge is 0.126 e. The van der Waals surface area contributed by atoms with E-state index < -0.39 is 0 Å². The monoisotopic (exact) mass is 310 g/mol. The van der Waals surface area contributed by atoms with Gasteiger partial charge in [0.05, 0.1) is 10.0 Å². The molecule has 1 unspecified atom stereocenters. The number of nitrogens with two attached hydrogens (primary N) is 2. The normalized spacial score (nSPS) is 12.3. The number of hydrogen-bond donors (Lipinski definition) is 3. The van der Waals surface area contributed by atoms with Crippen molar-refractivity contribution in [1.82, 2.24) is 10.4 Å². The lowest BCUT2D eigenvalue weighted by Crippen LogP contribution is -2.38. The highest BCUT2D eigenvalue weighted by molar-refractivity contribution is 6.42. The van der Waals surface area contributed by atoms with Crippen LogP contribution in [-0.4, -0.2) is 11.0 Å². The van der Waals surface area contributed by atoms with Gasteiger partial charge in [-0.25, -0.2) is 4.98 Å². The van der Waals surface area contributed by atoms with E-state index in [1.807, 2.05) is 24.3 Å². The number of halogens is 2. The van der Waals surface area contributed by atoms with E-state index >= 15 is 0 Å². The van der Waals surface area contributed by atoms with Crippen LogP contribution in [-0.2, 0) is 12.8 Å². The van der Waals surface area contributed by atoms with Crippen LogP contribution in [0.1, 0.15) is 11.1 Å². The average Bonchev–Trinajstić information content (AvgIpc) is 2.44. The summed E-state index contributed by atoms with van der Waals surface area (Å²) in [5, 5.41) is 1.09. The zero-order valence-corrected chi connectivity index (χ0v) is 12.3. The maximum atomic E-state index is 6.01. The van der Waals surface area contributed by atoms with E-state index in [9.17, 15) is 0 Å². The predicted octanol–water partition coefficient (Wildman–Crippen LogP) is 2.59. The summed E-state index contributed by atoms with van der Waals surface area (Å²) < 4.78 is 0. The molecule has 1 aromatic heterocycles. The molecule has 5 N–H and O–H groups in total. The number of aromatic nitrogens is 1. The lowest BCUT2D eigenvalue weighted by atomic mass is 10.00. The Bertz CT molecular complexity index is 589. The minimum atomic E-state index is 0.0405. The largest absolute Gasteiger partial charge is 0.383 e. The molecule has 4 nitrogen and oxygen atoms in total. The standard InChI is InChI=1S/C14H16Cl2N4/c15-12-4-3-9(7-13(12)16)6-11(20-18)8-10-2-1-5-19-14(10)17/h1-5,7,11,20H,6,8,18H2,(H2,17,19). The van der Waals surface area contributed by atoms with Crippen molar-refractivity contribution < 1.29 is 0 Å². The second-order valence-electron chi connectivity index (χ2n) is 4.57. The molecule has 0 spiro atoms. The molecule has 106 valence electrons. The van der Waals surface area contributed by atoms with Crippen LogP contribution in [0.3, 0.4) is 0 Å². The molecule has 0 amide bonds. The van der Waals surface area contributed by atoms with E-state index in [2.05, 4.69) is 10.4 Å². The fourth-order valence-electron chi connectivity index (χ4n) is 2.03. The van der Waals surface area contributed by atoms with Crippen LogP contribution in [0.15, 0.2) is 36.5 Å². The zero-order chi connectivity index (χ0) is 14.5. The second kappa shape index (κ2) is 6.90. The average molecular weight is 311 g/mol. The van der Waals surface area contributed by atoms with Gasteiger partial charge in [-0.1, -0.05) is 35.3 Å². The molecule has 0 radical (unpaired) electrons. The molecule has 6 heteroatoms. The Kier molecular flexibility index (Phi) is 5.20. The number of anilines is 1. The Morgan fingerprint density at radius 3 is 2.60 bits per heavy atom. The van der Waals surface area contributed by atoms with Gasteiger partial charge >= 0.3 is 0 Å². The highest BCUT2D eigenvalue weighted by Crippen LogP contribution is 2.23. The first-order valence-electron chi connectivity index (χ1n) is 6.19. The molecule has 0 saturated heterocycles. The summed E-state index contributed by atoms with van der Waals surface area (Å²) in [5.41, 5.74) is 10.7. The summed E-state index contributed by atoms with van der Waals surface area (Å²) in [6.45, 7) is 0. The van der Waals surface area contributed by atoms with E-state index in [-0.39, 0.29) is 6.04 Å². The Labute approximate surface area is 128 Å². The number of hydrogen-bond acceptors (Lipinski definition) is 4. The third-order valence-electron chi connectivity index (χ3n) is 3.09. The van der Waals surface area contributed by atoms with Crippen LogP contribution in [0, 0.1) is 0 Å². The fourth-order valence-corrected chi connectivity index (χ4v) is 2.35. The summed E-state index contributed by atoms with van der Waals surface area (Å²) in [5.74, 6) is 6.15. The van der Waals surface area contributed by atoms with Gasteiger partial charge in [-0.05, 0) is 42.2 Å². The summed E-state index contributed by atoms with van der Waals surface area (Å²) in [6, 6.07) is 9.41. The van der Waals surface area contributed by atoms with Gasteiger partial charge in [-0.15, -0.1) is 0 Å². The van der Waals surface area contributed by atoms with Crippen LogP contribution in [0.5, 0.6) is 0 Å². The van der Waals surface area contributed by atoms with Gasteiger partial charge in [0, 0.05) is 12.2 Å². The van der Waals surface area contributed by atoms with Gasteiger partial charge in [0.1, 0.15) is 5.82 Å². The summed E-state index contributed by atoms with van der Waals surface area (Å²) in [7, 11) is 0. The molecule has 0 fully saturated rings. The first-order valence-corrected chi connectivity index (χ1v) is 6.95. The molecule has 2 aromatic rings. The van der Waals surface area contributed by atoms with E-state index in [1.54, 1.807) is 12.3 Å². The number of nitrogens with zero attached hydrogens (tertiary/aromatic N) is 1. The molecule has 2 rings (SSSR count). The number of nitrogen functional groups attached to an aromatic ring is 1. The van der Waals surface area contributed by atoms with Crippen molar-refractivity contribution in [2.45, 2.75) is 18.9 Å². The Morgan fingerprint density at radius 1 is 1.15 bits per heavy atom. The number of hydrazine groups is 1. The van der Waals surface area contributed by atoms with Gasteiger partial charge < -0.3 is 5.73 Å². The molecule has 0 saturated carbocycles. The molecule has 1 aromatic carbocycles. The molecule has 1 heterocycles. The van der Waals surface area contributed by atoms with Crippen molar-refractivity contribution in [3.8, 4) is 0 Å². The van der Waals surface area contributed by atoms with E-state index in [0.717, 1.165) is 17.5 Å². The third kappa shape index (κ3) is 3.84. The van der Waals surface area contributed by atoms with E-state index in [1.165, 1.54) is 0 Å². The quantitative estimate of drug-likeness (QED) is 0.586. The Hall–Kier alpha value is -1.33. The topological polar surface area (TPSA) is 77.0 Å². The Morgan fingerprint density at radius 2 is 1.95 bits per heavy atom. The highest BCUT2D eigenvalue weighted by Gasteiger charge is 2.12. The minimum Gasteiger partial charge on any atom is -0.383 e.